The van der Waals surface area contributed by atoms with Crippen LogP contribution in [0.25, 0.3) is 0 Å². The van der Waals surface area contributed by atoms with E-state index in [1.807, 2.05) is 24.3 Å². The Morgan fingerprint density at radius 1 is 1.43 bits per heavy atom. The van der Waals surface area contributed by atoms with Crippen LogP contribution in [0.15, 0.2) is 24.3 Å². The first-order chi connectivity index (χ1) is 10.1. The lowest BCUT2D eigenvalue weighted by Crippen LogP contribution is -2.55. The average molecular weight is 291 g/mol. The largest absolute Gasteiger partial charge is 0.399 e. The molecule has 21 heavy (non-hydrogen) atoms. The number of nitrogens with zero attached hydrogens (tertiary/aromatic N) is 1. The maximum atomic E-state index is 12.4. The van der Waals surface area contributed by atoms with Gasteiger partial charge in [0.25, 0.3) is 0 Å². The number of nitrogens with one attached hydrogen (secondary N) is 1. The molecule has 1 aromatic carbocycles. The molecule has 6 heteroatoms. The lowest BCUT2D eigenvalue weighted by molar-refractivity contribution is -0.148. The number of nitrogens with two attached hydrogens (primary N) is 1. The summed E-state index contributed by atoms with van der Waals surface area (Å²) in [4.78, 5) is 25.8. The molecule has 0 spiro atoms. The van der Waals surface area contributed by atoms with E-state index in [2.05, 4.69) is 5.32 Å². The summed E-state index contributed by atoms with van der Waals surface area (Å²) in [6, 6.07) is 6.96. The van der Waals surface area contributed by atoms with Gasteiger partial charge >= 0.3 is 0 Å². The van der Waals surface area contributed by atoms with E-state index in [1.165, 1.54) is 0 Å². The molecule has 0 saturated carbocycles. The standard InChI is InChI=1S/C15H21N3O3/c1-17-15(20)13-10-21-9-8-18(13)14(19)7-6-11-4-2-3-5-12(11)16/h2-5,13H,6-10,16H2,1H3,(H,17,20). The highest BCUT2D eigenvalue weighted by Crippen LogP contribution is 2.15. The molecule has 1 aliphatic rings. The van der Waals surface area contributed by atoms with Crippen molar-refractivity contribution in [3.8, 4) is 0 Å². The van der Waals surface area contributed by atoms with Crippen LogP contribution in [0, 0.1) is 0 Å². The van der Waals surface area contributed by atoms with E-state index in [4.69, 9.17) is 10.5 Å². The van der Waals surface area contributed by atoms with Gasteiger partial charge in [0.05, 0.1) is 13.2 Å². The molecule has 1 atom stereocenters. The number of anilines is 1. The number of hydrogen-bond acceptors (Lipinski definition) is 4. The van der Waals surface area contributed by atoms with Gasteiger partial charge in [-0.25, -0.2) is 0 Å². The smallest absolute Gasteiger partial charge is 0.244 e. The minimum atomic E-state index is -0.538. The quantitative estimate of drug-likeness (QED) is 0.775. The van der Waals surface area contributed by atoms with E-state index in [-0.39, 0.29) is 18.4 Å². The van der Waals surface area contributed by atoms with Gasteiger partial charge in [0, 0.05) is 25.7 Å². The number of benzene rings is 1. The summed E-state index contributed by atoms with van der Waals surface area (Å²) < 4.78 is 5.29. The Hall–Kier alpha value is -2.08. The normalized spacial score (nSPS) is 18.3. The molecule has 0 aliphatic carbocycles. The number of rotatable bonds is 4. The van der Waals surface area contributed by atoms with Crippen molar-refractivity contribution in [2.75, 3.05) is 32.5 Å². The first kappa shape index (κ1) is 15.3. The molecule has 0 radical (unpaired) electrons. The van der Waals surface area contributed by atoms with Gasteiger partial charge in [0.15, 0.2) is 0 Å². The summed E-state index contributed by atoms with van der Waals surface area (Å²) >= 11 is 0. The molecular weight excluding hydrogens is 270 g/mol. The third-order valence-corrected chi connectivity index (χ3v) is 3.66. The maximum Gasteiger partial charge on any atom is 0.244 e. The second-order valence-corrected chi connectivity index (χ2v) is 4.99. The van der Waals surface area contributed by atoms with Crippen molar-refractivity contribution < 1.29 is 14.3 Å². The summed E-state index contributed by atoms with van der Waals surface area (Å²) in [5.41, 5.74) is 7.52. The number of amides is 2. The lowest BCUT2D eigenvalue weighted by atomic mass is 10.1. The summed E-state index contributed by atoms with van der Waals surface area (Å²) in [5.74, 6) is -0.238. The third kappa shape index (κ3) is 3.72. The predicted molar refractivity (Wildman–Crippen MR) is 79.6 cm³/mol. The summed E-state index contributed by atoms with van der Waals surface area (Å²) in [6.45, 7) is 1.16. The van der Waals surface area contributed by atoms with Gasteiger partial charge in [-0.3, -0.25) is 9.59 Å². The number of carbonyl (C=O) groups excluding carboxylic acids is 2. The minimum absolute atomic E-state index is 0.0462. The fraction of sp³-hybridized carbons (Fsp3) is 0.467. The lowest BCUT2D eigenvalue weighted by Gasteiger charge is -2.34. The van der Waals surface area contributed by atoms with Crippen molar-refractivity contribution >= 4 is 17.5 Å². The number of para-hydroxylation sites is 1. The van der Waals surface area contributed by atoms with E-state index in [0.29, 0.717) is 31.7 Å². The second-order valence-electron chi connectivity index (χ2n) is 4.99. The molecule has 1 aromatic rings. The van der Waals surface area contributed by atoms with Gasteiger partial charge in [-0.15, -0.1) is 0 Å². The van der Waals surface area contributed by atoms with Crippen molar-refractivity contribution in [2.24, 2.45) is 0 Å². The van der Waals surface area contributed by atoms with Gasteiger partial charge in [-0.05, 0) is 18.1 Å². The van der Waals surface area contributed by atoms with Crippen LogP contribution in [-0.4, -0.2) is 49.6 Å². The number of morpholine rings is 1. The molecule has 1 saturated heterocycles. The van der Waals surface area contributed by atoms with Crippen molar-refractivity contribution in [1.82, 2.24) is 10.2 Å². The van der Waals surface area contributed by atoms with Gasteiger partial charge in [-0.2, -0.15) is 0 Å². The monoisotopic (exact) mass is 291 g/mol. The number of ether oxygens (including phenoxy) is 1. The molecule has 1 unspecified atom stereocenters. The number of nitrogen functional groups attached to an aromatic ring is 1. The van der Waals surface area contributed by atoms with Crippen LogP contribution < -0.4 is 11.1 Å². The highest BCUT2D eigenvalue weighted by Gasteiger charge is 2.31. The van der Waals surface area contributed by atoms with Crippen molar-refractivity contribution in [2.45, 2.75) is 18.9 Å². The average Bonchev–Trinajstić information content (AvgIpc) is 2.53. The van der Waals surface area contributed by atoms with E-state index < -0.39 is 6.04 Å². The number of aryl methyl sites for hydroxylation is 1. The summed E-state index contributed by atoms with van der Waals surface area (Å²) in [5, 5.41) is 2.57. The zero-order chi connectivity index (χ0) is 15.2. The van der Waals surface area contributed by atoms with Gasteiger partial charge < -0.3 is 20.7 Å². The number of hydrogen-bond donors (Lipinski definition) is 2. The van der Waals surface area contributed by atoms with E-state index in [0.717, 1.165) is 5.56 Å². The van der Waals surface area contributed by atoms with Crippen molar-refractivity contribution in [3.05, 3.63) is 29.8 Å². The SMILES string of the molecule is CNC(=O)C1COCCN1C(=O)CCc1ccccc1N. The molecule has 6 nitrogen and oxygen atoms in total. The first-order valence-electron chi connectivity index (χ1n) is 7.05. The van der Waals surface area contributed by atoms with Gasteiger partial charge in [0.1, 0.15) is 6.04 Å². The Bertz CT molecular complexity index is 519. The zero-order valence-electron chi connectivity index (χ0n) is 12.2. The maximum absolute atomic E-state index is 12.4. The highest BCUT2D eigenvalue weighted by molar-refractivity contribution is 5.88. The molecule has 0 bridgehead atoms. The summed E-state index contributed by atoms with van der Waals surface area (Å²) in [7, 11) is 1.56. The Balaban J connectivity index is 1.98. The van der Waals surface area contributed by atoms with E-state index >= 15 is 0 Å². The zero-order valence-corrected chi connectivity index (χ0v) is 12.2. The third-order valence-electron chi connectivity index (χ3n) is 3.66. The molecule has 2 rings (SSSR count). The number of likely N-dealkylation sites (N-methyl/N-ethyl adjacent to an activating group) is 1. The Morgan fingerprint density at radius 3 is 2.90 bits per heavy atom. The van der Waals surface area contributed by atoms with Crippen LogP contribution >= 0.6 is 0 Å². The Morgan fingerprint density at radius 2 is 2.19 bits per heavy atom. The topological polar surface area (TPSA) is 84.7 Å². The molecular formula is C15H21N3O3. The van der Waals surface area contributed by atoms with Crippen LogP contribution in [0.2, 0.25) is 0 Å². The highest BCUT2D eigenvalue weighted by atomic mass is 16.5. The molecule has 1 aliphatic heterocycles. The van der Waals surface area contributed by atoms with Crippen LogP contribution in [0.1, 0.15) is 12.0 Å². The predicted octanol–water partition coefficient (Wildman–Crippen LogP) is 0.175. The molecule has 1 fully saturated rings. The molecule has 0 aromatic heterocycles. The van der Waals surface area contributed by atoms with Crippen LogP contribution in [0.5, 0.6) is 0 Å². The fourth-order valence-corrected chi connectivity index (χ4v) is 2.43. The fourth-order valence-electron chi connectivity index (χ4n) is 2.43. The van der Waals surface area contributed by atoms with Gasteiger partial charge in [0.2, 0.25) is 11.8 Å². The molecule has 3 N–H and O–H groups in total. The van der Waals surface area contributed by atoms with Crippen LogP contribution in [-0.2, 0) is 20.7 Å². The summed E-state index contributed by atoms with van der Waals surface area (Å²) in [6.07, 6.45) is 0.908. The second kappa shape index (κ2) is 7.08. The molecule has 2 amide bonds. The number of carbonyl (C=O) groups is 2. The molecule has 114 valence electrons. The van der Waals surface area contributed by atoms with Gasteiger partial charge in [-0.1, -0.05) is 18.2 Å². The van der Waals surface area contributed by atoms with Crippen LogP contribution in [0.3, 0.4) is 0 Å². The Kier molecular flexibility index (Phi) is 5.16. The van der Waals surface area contributed by atoms with E-state index in [9.17, 15) is 9.59 Å². The van der Waals surface area contributed by atoms with Crippen molar-refractivity contribution in [1.29, 1.82) is 0 Å². The van der Waals surface area contributed by atoms with Crippen LogP contribution in [0.4, 0.5) is 5.69 Å². The van der Waals surface area contributed by atoms with E-state index in [1.54, 1.807) is 11.9 Å². The molecule has 1 heterocycles. The first-order valence-corrected chi connectivity index (χ1v) is 7.05. The minimum Gasteiger partial charge on any atom is -0.399 e. The van der Waals surface area contributed by atoms with Crippen molar-refractivity contribution in [3.63, 3.8) is 0 Å². The Labute approximate surface area is 124 Å².